The Hall–Kier alpha value is -3.48. The van der Waals surface area contributed by atoms with E-state index in [4.69, 9.17) is 10.7 Å². The van der Waals surface area contributed by atoms with Crippen molar-refractivity contribution in [3.8, 4) is 0 Å². The average Bonchev–Trinajstić information content (AvgIpc) is 3.43. The Morgan fingerprint density at radius 2 is 1.63 bits per heavy atom. The summed E-state index contributed by atoms with van der Waals surface area (Å²) < 4.78 is 0. The third-order valence-corrected chi connectivity index (χ3v) is 7.44. The highest BCUT2D eigenvalue weighted by Gasteiger charge is 2.20. The van der Waals surface area contributed by atoms with Crippen molar-refractivity contribution in [2.24, 2.45) is 5.73 Å². The Labute approximate surface area is 230 Å². The molecule has 0 aliphatic carbocycles. The molecule has 0 atom stereocenters. The molecule has 6 heteroatoms. The molecule has 4 rings (SSSR count). The topological polar surface area (TPSA) is 71.2 Å². The largest absolute Gasteiger partial charge is 0.348 e. The molecule has 0 aliphatic heterocycles. The molecule has 4 aromatic rings. The van der Waals surface area contributed by atoms with Gasteiger partial charge in [0.05, 0.1) is 5.69 Å². The molecule has 3 N–H and O–H groups in total. The van der Waals surface area contributed by atoms with Gasteiger partial charge in [0.15, 0.2) is 5.13 Å². The zero-order valence-corrected chi connectivity index (χ0v) is 23.4. The second-order valence-corrected chi connectivity index (χ2v) is 11.5. The van der Waals surface area contributed by atoms with Crippen molar-refractivity contribution in [1.82, 2.24) is 10.3 Å². The summed E-state index contributed by atoms with van der Waals surface area (Å²) in [5.74, 6) is -0.0795. The fourth-order valence-electron chi connectivity index (χ4n) is 4.25. The lowest BCUT2D eigenvalue weighted by molar-refractivity contribution is 0.0951. The summed E-state index contributed by atoms with van der Waals surface area (Å²) >= 11 is 1.71. The molecular weight excluding hydrogens is 488 g/mol. The van der Waals surface area contributed by atoms with Crippen LogP contribution in [-0.2, 0) is 31.5 Å². The third-order valence-electron chi connectivity index (χ3n) is 6.54. The first-order chi connectivity index (χ1) is 18.3. The van der Waals surface area contributed by atoms with Crippen molar-refractivity contribution in [2.45, 2.75) is 58.7 Å². The van der Waals surface area contributed by atoms with Crippen LogP contribution in [0.3, 0.4) is 0 Å². The molecule has 0 bridgehead atoms. The lowest BCUT2D eigenvalue weighted by Gasteiger charge is -2.23. The van der Waals surface area contributed by atoms with Gasteiger partial charge in [-0.1, -0.05) is 87.5 Å². The molecule has 1 heterocycles. The highest BCUT2D eigenvalue weighted by molar-refractivity contribution is 7.13. The van der Waals surface area contributed by atoms with Gasteiger partial charge in [-0.3, -0.25) is 4.79 Å². The van der Waals surface area contributed by atoms with Crippen LogP contribution in [0, 0.1) is 0 Å². The van der Waals surface area contributed by atoms with Crippen LogP contribution in [0.2, 0.25) is 0 Å². The third kappa shape index (κ3) is 7.76. The van der Waals surface area contributed by atoms with Crippen molar-refractivity contribution in [2.75, 3.05) is 11.4 Å². The van der Waals surface area contributed by atoms with Crippen molar-refractivity contribution in [3.63, 3.8) is 0 Å². The number of nitrogens with one attached hydrogen (secondary N) is 1. The molecule has 0 fully saturated rings. The Morgan fingerprint density at radius 1 is 0.921 bits per heavy atom. The van der Waals surface area contributed by atoms with Gasteiger partial charge in [0.2, 0.25) is 0 Å². The first kappa shape index (κ1) is 27.6. The first-order valence-electron chi connectivity index (χ1n) is 13.2. The van der Waals surface area contributed by atoms with E-state index in [9.17, 15) is 4.79 Å². The number of carbonyl (C=O) groups excluding carboxylic acids is 1. The van der Waals surface area contributed by atoms with E-state index < -0.39 is 0 Å². The second kappa shape index (κ2) is 12.9. The summed E-state index contributed by atoms with van der Waals surface area (Å²) in [7, 11) is 0. The molecular formula is C32H38N4OS. The summed E-state index contributed by atoms with van der Waals surface area (Å²) in [5, 5.41) is 6.24. The van der Waals surface area contributed by atoms with Gasteiger partial charge in [0.25, 0.3) is 5.91 Å². The Bertz CT molecular complexity index is 1310. The van der Waals surface area contributed by atoms with Crippen LogP contribution in [0.5, 0.6) is 0 Å². The molecule has 0 saturated heterocycles. The minimum atomic E-state index is -0.0795. The van der Waals surface area contributed by atoms with Gasteiger partial charge in [-0.25, -0.2) is 4.98 Å². The number of hydrogen-bond donors (Lipinski definition) is 2. The van der Waals surface area contributed by atoms with E-state index in [1.165, 1.54) is 5.56 Å². The van der Waals surface area contributed by atoms with E-state index in [-0.39, 0.29) is 11.3 Å². The molecule has 0 aliphatic rings. The lowest BCUT2D eigenvalue weighted by atomic mass is 9.93. The Morgan fingerprint density at radius 3 is 2.32 bits per heavy atom. The Balaban J connectivity index is 1.41. The van der Waals surface area contributed by atoms with Gasteiger partial charge in [0, 0.05) is 42.5 Å². The van der Waals surface area contributed by atoms with Crippen LogP contribution < -0.4 is 16.0 Å². The van der Waals surface area contributed by atoms with Crippen LogP contribution in [0.4, 0.5) is 5.13 Å². The molecule has 0 unspecified atom stereocenters. The van der Waals surface area contributed by atoms with Crippen LogP contribution in [-0.4, -0.2) is 17.4 Å². The number of hydrogen-bond acceptors (Lipinski definition) is 5. The maximum atomic E-state index is 12.7. The molecule has 0 saturated carbocycles. The fourth-order valence-corrected chi connectivity index (χ4v) is 5.33. The van der Waals surface area contributed by atoms with Gasteiger partial charge >= 0.3 is 0 Å². The van der Waals surface area contributed by atoms with Crippen molar-refractivity contribution < 1.29 is 4.79 Å². The number of carbonyl (C=O) groups is 1. The number of anilines is 1. The number of amides is 1. The quantitative estimate of drug-likeness (QED) is 0.235. The predicted octanol–water partition coefficient (Wildman–Crippen LogP) is 6.47. The highest BCUT2D eigenvalue weighted by atomic mass is 32.1. The monoisotopic (exact) mass is 526 g/mol. The number of thiazole rings is 1. The van der Waals surface area contributed by atoms with Gasteiger partial charge < -0.3 is 16.0 Å². The molecule has 1 aromatic heterocycles. The lowest BCUT2D eigenvalue weighted by Crippen LogP contribution is -2.25. The molecule has 1 amide bonds. The maximum Gasteiger partial charge on any atom is 0.251 e. The molecule has 198 valence electrons. The van der Waals surface area contributed by atoms with E-state index in [2.05, 4.69) is 66.7 Å². The standard InChI is InChI=1S/C32H38N4OS/c1-32(2,3)29-23-38-31(35-29)36(18-8-13-24-9-5-4-6-10-24)22-25-14-16-28(17-15-25)30(37)34-21-27-12-7-11-26(19-27)20-33/h4-7,9-12,14-17,19,23H,8,13,18,20-22,33H2,1-3H3,(H,34,37). The number of aromatic nitrogens is 1. The summed E-state index contributed by atoms with van der Waals surface area (Å²) in [6, 6.07) is 26.5. The molecule has 0 spiro atoms. The van der Waals surface area contributed by atoms with Crippen molar-refractivity contribution >= 4 is 22.4 Å². The van der Waals surface area contributed by atoms with Crippen LogP contribution in [0.25, 0.3) is 0 Å². The van der Waals surface area contributed by atoms with Crippen LogP contribution in [0.15, 0.2) is 84.2 Å². The minimum absolute atomic E-state index is 0.0190. The maximum absolute atomic E-state index is 12.7. The predicted molar refractivity (Wildman–Crippen MR) is 159 cm³/mol. The van der Waals surface area contributed by atoms with E-state index >= 15 is 0 Å². The number of aryl methyl sites for hydroxylation is 1. The normalized spacial score (nSPS) is 11.4. The van der Waals surface area contributed by atoms with Gasteiger partial charge in [0.1, 0.15) is 0 Å². The second-order valence-electron chi connectivity index (χ2n) is 10.7. The van der Waals surface area contributed by atoms with E-state index in [0.29, 0.717) is 18.7 Å². The zero-order chi connectivity index (χ0) is 27.0. The van der Waals surface area contributed by atoms with Crippen LogP contribution in [0.1, 0.15) is 65.5 Å². The highest BCUT2D eigenvalue weighted by Crippen LogP contribution is 2.29. The van der Waals surface area contributed by atoms with E-state index in [0.717, 1.165) is 53.4 Å². The van der Waals surface area contributed by atoms with Gasteiger partial charge in [-0.2, -0.15) is 0 Å². The van der Waals surface area contributed by atoms with E-state index in [1.54, 1.807) is 11.3 Å². The van der Waals surface area contributed by atoms with E-state index in [1.807, 2.05) is 48.5 Å². The summed E-state index contributed by atoms with van der Waals surface area (Å²) in [6.45, 7) is 9.23. The zero-order valence-electron chi connectivity index (χ0n) is 22.6. The fraction of sp³-hybridized carbons (Fsp3) is 0.312. The van der Waals surface area contributed by atoms with Gasteiger partial charge in [-0.05, 0) is 47.2 Å². The van der Waals surface area contributed by atoms with Crippen molar-refractivity contribution in [3.05, 3.63) is 118 Å². The first-order valence-corrected chi connectivity index (χ1v) is 14.1. The number of nitrogens with zero attached hydrogens (tertiary/aromatic N) is 2. The summed E-state index contributed by atoms with van der Waals surface area (Å²) in [5.41, 5.74) is 12.1. The number of nitrogens with two attached hydrogens (primary N) is 1. The van der Waals surface area contributed by atoms with Crippen molar-refractivity contribution in [1.29, 1.82) is 0 Å². The molecule has 3 aromatic carbocycles. The summed E-state index contributed by atoms with van der Waals surface area (Å²) in [6.07, 6.45) is 2.07. The molecule has 0 radical (unpaired) electrons. The smallest absolute Gasteiger partial charge is 0.251 e. The van der Waals surface area contributed by atoms with Gasteiger partial charge in [-0.15, -0.1) is 11.3 Å². The van der Waals surface area contributed by atoms with Crippen LogP contribution >= 0.6 is 11.3 Å². The summed E-state index contributed by atoms with van der Waals surface area (Å²) in [4.78, 5) is 20.1. The average molecular weight is 527 g/mol. The SMILES string of the molecule is CC(C)(C)c1csc(N(CCCc2ccccc2)Cc2ccc(C(=O)NCc3cccc(CN)c3)cc2)n1. The number of rotatable bonds is 11. The number of benzene rings is 3. The molecule has 5 nitrogen and oxygen atoms in total. The minimum Gasteiger partial charge on any atom is -0.348 e. The Kier molecular flexibility index (Phi) is 9.32. The molecule has 38 heavy (non-hydrogen) atoms.